The van der Waals surface area contributed by atoms with Crippen LogP contribution in [-0.2, 0) is 17.9 Å². The lowest BCUT2D eigenvalue weighted by atomic mass is 10.2. The predicted octanol–water partition coefficient (Wildman–Crippen LogP) is 1.76. The molecule has 1 aromatic heterocycles. The normalized spacial score (nSPS) is 11.4. The van der Waals surface area contributed by atoms with Gasteiger partial charge in [0.2, 0.25) is 0 Å². The molecule has 0 bridgehead atoms. The molecule has 98 valence electrons. The van der Waals surface area contributed by atoms with E-state index in [9.17, 15) is 4.79 Å². The summed E-state index contributed by atoms with van der Waals surface area (Å²) in [6, 6.07) is 0.204. The molecule has 0 saturated carbocycles. The molecule has 0 radical (unpaired) electrons. The zero-order valence-electron chi connectivity index (χ0n) is 11.2. The van der Waals surface area contributed by atoms with Crippen LogP contribution in [-0.4, -0.2) is 16.5 Å². The summed E-state index contributed by atoms with van der Waals surface area (Å²) in [4.78, 5) is 12.2. The number of methoxy groups -OCH3 is 1. The first-order chi connectivity index (χ1) is 8.12. The molecule has 0 spiro atoms. The molecule has 0 aromatic carbocycles. The fourth-order valence-electron chi connectivity index (χ4n) is 2.26. The molecule has 0 aliphatic carbocycles. The summed E-state index contributed by atoms with van der Waals surface area (Å²) in [7, 11) is 1.61. The SMILES string of the molecule is CCC(CC)n1c(=O)c(N)c(COC)n1CC. The number of aromatic nitrogens is 2. The van der Waals surface area contributed by atoms with Crippen molar-refractivity contribution < 1.29 is 4.74 Å². The Morgan fingerprint density at radius 2 is 1.88 bits per heavy atom. The van der Waals surface area contributed by atoms with Crippen molar-refractivity contribution in [3.05, 3.63) is 16.0 Å². The van der Waals surface area contributed by atoms with Crippen molar-refractivity contribution in [2.75, 3.05) is 12.8 Å². The molecule has 0 aliphatic rings. The highest BCUT2D eigenvalue weighted by Gasteiger charge is 2.20. The molecule has 1 aromatic rings. The largest absolute Gasteiger partial charge is 0.393 e. The number of nitrogens with two attached hydrogens (primary N) is 1. The van der Waals surface area contributed by atoms with Crippen LogP contribution < -0.4 is 11.3 Å². The number of nitrogen functional groups attached to an aromatic ring is 1. The molecule has 0 saturated heterocycles. The van der Waals surface area contributed by atoms with E-state index in [-0.39, 0.29) is 11.6 Å². The second kappa shape index (κ2) is 5.91. The van der Waals surface area contributed by atoms with Crippen LogP contribution in [0.5, 0.6) is 0 Å². The molecule has 5 heteroatoms. The zero-order valence-corrected chi connectivity index (χ0v) is 11.2. The van der Waals surface area contributed by atoms with Gasteiger partial charge in [-0.1, -0.05) is 13.8 Å². The van der Waals surface area contributed by atoms with Gasteiger partial charge in [-0.25, -0.2) is 4.68 Å². The van der Waals surface area contributed by atoms with Crippen LogP contribution in [0.4, 0.5) is 5.69 Å². The Bertz CT molecular complexity index is 416. The summed E-state index contributed by atoms with van der Waals surface area (Å²) in [6.45, 7) is 7.28. The molecular weight excluding hydrogens is 218 g/mol. The van der Waals surface area contributed by atoms with Crippen LogP contribution in [0.2, 0.25) is 0 Å². The average Bonchev–Trinajstić information content (AvgIpc) is 2.57. The average molecular weight is 241 g/mol. The summed E-state index contributed by atoms with van der Waals surface area (Å²) in [5.74, 6) is 0. The third kappa shape index (κ3) is 2.39. The van der Waals surface area contributed by atoms with E-state index >= 15 is 0 Å². The topological polar surface area (TPSA) is 62.2 Å². The summed E-state index contributed by atoms with van der Waals surface area (Å²) in [5, 5.41) is 0. The van der Waals surface area contributed by atoms with Gasteiger partial charge in [-0.2, -0.15) is 0 Å². The Balaban J connectivity index is 3.38. The Labute approximate surface area is 102 Å². The van der Waals surface area contributed by atoms with Crippen molar-refractivity contribution >= 4 is 5.69 Å². The van der Waals surface area contributed by atoms with Crippen molar-refractivity contribution in [1.29, 1.82) is 0 Å². The third-order valence-electron chi connectivity index (χ3n) is 3.19. The number of rotatable bonds is 6. The molecule has 0 atom stereocenters. The molecule has 0 amide bonds. The quantitative estimate of drug-likeness (QED) is 0.825. The van der Waals surface area contributed by atoms with Crippen LogP contribution in [0.25, 0.3) is 0 Å². The van der Waals surface area contributed by atoms with Gasteiger partial charge in [0, 0.05) is 13.7 Å². The van der Waals surface area contributed by atoms with E-state index in [1.54, 1.807) is 11.8 Å². The van der Waals surface area contributed by atoms with Gasteiger partial charge in [0.15, 0.2) is 0 Å². The van der Waals surface area contributed by atoms with E-state index in [0.29, 0.717) is 12.3 Å². The minimum Gasteiger partial charge on any atom is -0.393 e. The van der Waals surface area contributed by atoms with Gasteiger partial charge < -0.3 is 10.5 Å². The second-order valence-electron chi connectivity index (χ2n) is 4.13. The van der Waals surface area contributed by atoms with E-state index in [1.807, 2.05) is 11.6 Å². The Kier molecular flexibility index (Phi) is 4.81. The van der Waals surface area contributed by atoms with Crippen molar-refractivity contribution in [3.63, 3.8) is 0 Å². The maximum Gasteiger partial charge on any atom is 0.290 e. The highest BCUT2D eigenvalue weighted by atomic mass is 16.5. The number of hydrogen-bond donors (Lipinski definition) is 1. The van der Waals surface area contributed by atoms with E-state index in [1.165, 1.54) is 0 Å². The number of hydrogen-bond acceptors (Lipinski definition) is 3. The summed E-state index contributed by atoms with van der Waals surface area (Å²) >= 11 is 0. The van der Waals surface area contributed by atoms with E-state index < -0.39 is 0 Å². The zero-order chi connectivity index (χ0) is 13.0. The predicted molar refractivity (Wildman–Crippen MR) is 69.1 cm³/mol. The first-order valence-corrected chi connectivity index (χ1v) is 6.20. The van der Waals surface area contributed by atoms with Crippen molar-refractivity contribution in [2.24, 2.45) is 0 Å². The minimum absolute atomic E-state index is 0.0902. The molecule has 0 aliphatic heterocycles. The molecule has 17 heavy (non-hydrogen) atoms. The van der Waals surface area contributed by atoms with Crippen LogP contribution in [0.15, 0.2) is 4.79 Å². The van der Waals surface area contributed by atoms with Gasteiger partial charge in [0.25, 0.3) is 5.56 Å². The van der Waals surface area contributed by atoms with Gasteiger partial charge >= 0.3 is 0 Å². The van der Waals surface area contributed by atoms with Gasteiger partial charge in [-0.3, -0.25) is 9.48 Å². The van der Waals surface area contributed by atoms with E-state index in [2.05, 4.69) is 13.8 Å². The lowest BCUT2D eigenvalue weighted by Crippen LogP contribution is -2.28. The molecular formula is C12H23N3O2. The van der Waals surface area contributed by atoms with Crippen molar-refractivity contribution in [1.82, 2.24) is 9.36 Å². The second-order valence-corrected chi connectivity index (χ2v) is 4.13. The van der Waals surface area contributed by atoms with E-state index in [4.69, 9.17) is 10.5 Å². The Hall–Kier alpha value is -1.23. The molecule has 1 rings (SSSR count). The summed E-state index contributed by atoms with van der Waals surface area (Å²) in [5.41, 5.74) is 6.89. The highest BCUT2D eigenvalue weighted by molar-refractivity contribution is 5.41. The number of anilines is 1. The maximum absolute atomic E-state index is 12.2. The van der Waals surface area contributed by atoms with Gasteiger partial charge in [0.05, 0.1) is 18.3 Å². The van der Waals surface area contributed by atoms with Crippen LogP contribution in [0.1, 0.15) is 45.3 Å². The summed E-state index contributed by atoms with van der Waals surface area (Å²) in [6.07, 6.45) is 1.85. The summed E-state index contributed by atoms with van der Waals surface area (Å²) < 4.78 is 8.84. The fourth-order valence-corrected chi connectivity index (χ4v) is 2.26. The van der Waals surface area contributed by atoms with Crippen molar-refractivity contribution in [3.8, 4) is 0 Å². The molecule has 2 N–H and O–H groups in total. The van der Waals surface area contributed by atoms with Crippen LogP contribution in [0.3, 0.4) is 0 Å². The third-order valence-corrected chi connectivity index (χ3v) is 3.19. The molecule has 5 nitrogen and oxygen atoms in total. The highest BCUT2D eigenvalue weighted by Crippen LogP contribution is 2.18. The maximum atomic E-state index is 12.2. The standard InChI is InChI=1S/C12H23N3O2/c1-5-9(6-2)15-12(16)11(13)10(8-17-4)14(15)7-3/h9H,5-8,13H2,1-4H3. The van der Waals surface area contributed by atoms with Crippen LogP contribution >= 0.6 is 0 Å². The Morgan fingerprint density at radius 1 is 1.29 bits per heavy atom. The fraction of sp³-hybridized carbons (Fsp3) is 0.750. The van der Waals surface area contributed by atoms with Crippen LogP contribution in [0, 0.1) is 0 Å². The number of nitrogens with zero attached hydrogens (tertiary/aromatic N) is 2. The Morgan fingerprint density at radius 3 is 2.29 bits per heavy atom. The smallest absolute Gasteiger partial charge is 0.290 e. The van der Waals surface area contributed by atoms with E-state index in [0.717, 1.165) is 25.1 Å². The first kappa shape index (κ1) is 13.8. The number of ether oxygens (including phenoxy) is 1. The lowest BCUT2D eigenvalue weighted by molar-refractivity contribution is 0.173. The lowest BCUT2D eigenvalue weighted by Gasteiger charge is -2.19. The molecule has 1 heterocycles. The van der Waals surface area contributed by atoms with Gasteiger partial charge in [-0.15, -0.1) is 0 Å². The molecule has 0 fully saturated rings. The first-order valence-electron chi connectivity index (χ1n) is 6.20. The monoisotopic (exact) mass is 241 g/mol. The van der Waals surface area contributed by atoms with Gasteiger partial charge in [0.1, 0.15) is 5.69 Å². The minimum atomic E-state index is -0.0902. The van der Waals surface area contributed by atoms with Gasteiger partial charge in [-0.05, 0) is 19.8 Å². The molecule has 0 unspecified atom stereocenters. The van der Waals surface area contributed by atoms with Crippen molar-refractivity contribution in [2.45, 2.75) is 52.8 Å².